The molecule has 0 fully saturated rings. The van der Waals surface area contributed by atoms with Crippen molar-refractivity contribution in [3.05, 3.63) is 82.6 Å². The fraction of sp³-hybridized carbons (Fsp3) is 0.125. The third-order valence-corrected chi connectivity index (χ3v) is 6.19. The lowest BCUT2D eigenvalue weighted by molar-refractivity contribution is -0.137. The molecule has 6 nitrogen and oxygen atoms in total. The Morgan fingerprint density at radius 3 is 2.59 bits per heavy atom. The van der Waals surface area contributed by atoms with E-state index in [-0.39, 0.29) is 22.7 Å². The molecule has 0 amide bonds. The third-order valence-electron chi connectivity index (χ3n) is 4.96. The highest BCUT2D eigenvalue weighted by atomic mass is 32.2. The van der Waals surface area contributed by atoms with Gasteiger partial charge in [-0.3, -0.25) is 4.79 Å². The average molecular weight is 484 g/mol. The van der Waals surface area contributed by atoms with Gasteiger partial charge < -0.3 is 14.1 Å². The van der Waals surface area contributed by atoms with Crippen LogP contribution >= 0.6 is 11.8 Å². The molecule has 2 aromatic carbocycles. The Morgan fingerprint density at radius 1 is 1.12 bits per heavy atom. The van der Waals surface area contributed by atoms with E-state index in [0.717, 1.165) is 22.7 Å². The Hall–Kier alpha value is -3.97. The van der Waals surface area contributed by atoms with Gasteiger partial charge in [-0.2, -0.15) is 18.4 Å². The number of thioether (sulfide) groups is 1. The molecule has 1 aliphatic rings. The second kappa shape index (κ2) is 9.11. The van der Waals surface area contributed by atoms with Crippen LogP contribution in [0, 0.1) is 11.3 Å². The molecule has 0 atom stereocenters. The smallest absolute Gasteiger partial charge is 0.416 e. The minimum Gasteiger partial charge on any atom is -0.451 e. The maximum absolute atomic E-state index is 12.9. The van der Waals surface area contributed by atoms with Crippen LogP contribution in [0.3, 0.4) is 0 Å². The highest BCUT2D eigenvalue weighted by Crippen LogP contribution is 2.46. The van der Waals surface area contributed by atoms with E-state index in [0.29, 0.717) is 5.03 Å². The van der Waals surface area contributed by atoms with Gasteiger partial charge >= 0.3 is 12.1 Å². The van der Waals surface area contributed by atoms with E-state index in [1.54, 1.807) is 11.9 Å². The molecule has 4 rings (SSSR count). The van der Waals surface area contributed by atoms with E-state index in [1.165, 1.54) is 36.0 Å². The van der Waals surface area contributed by atoms with Gasteiger partial charge in [-0.05, 0) is 36.4 Å². The largest absolute Gasteiger partial charge is 0.451 e. The number of esters is 1. The summed E-state index contributed by atoms with van der Waals surface area (Å²) in [6.45, 7) is -0.699. The second-order valence-electron chi connectivity index (χ2n) is 7.16. The van der Waals surface area contributed by atoms with E-state index < -0.39 is 30.1 Å². The second-order valence-corrected chi connectivity index (χ2v) is 8.19. The quantitative estimate of drug-likeness (QED) is 0.262. The molecule has 0 N–H and O–H groups in total. The van der Waals surface area contributed by atoms with Crippen molar-refractivity contribution in [2.75, 3.05) is 18.6 Å². The molecule has 0 radical (unpaired) electrons. The zero-order chi connectivity index (χ0) is 24.5. The zero-order valence-electron chi connectivity index (χ0n) is 17.6. The van der Waals surface area contributed by atoms with Crippen molar-refractivity contribution >= 4 is 29.2 Å². The molecular formula is C24H15F3N2O4S. The van der Waals surface area contributed by atoms with Gasteiger partial charge in [-0.25, -0.2) is 4.79 Å². The number of nitriles is 1. The van der Waals surface area contributed by atoms with Gasteiger partial charge in [0, 0.05) is 17.5 Å². The number of ketones is 1. The van der Waals surface area contributed by atoms with Crippen molar-refractivity contribution in [2.24, 2.45) is 0 Å². The van der Waals surface area contributed by atoms with Crippen LogP contribution in [0.2, 0.25) is 0 Å². The van der Waals surface area contributed by atoms with Crippen molar-refractivity contribution in [1.29, 1.82) is 5.26 Å². The lowest BCUT2D eigenvalue weighted by Crippen LogP contribution is -2.19. The number of Topliss-reactive ketones (excluding diaryl/α,β-unsaturated/α-hetero) is 1. The molecule has 3 aromatic rings. The Balaban J connectivity index is 1.45. The molecule has 172 valence electrons. The Morgan fingerprint density at radius 2 is 1.88 bits per heavy atom. The molecule has 1 aliphatic heterocycles. The highest BCUT2D eigenvalue weighted by molar-refractivity contribution is 8.03. The first kappa shape index (κ1) is 23.2. The fourth-order valence-corrected chi connectivity index (χ4v) is 4.44. The standard InChI is InChI=1S/C24H15F3N2O4S/c1-29-17-7-2-3-8-21(17)34-22(29)16(12-28)18(30)13-32-23(31)20-10-9-19(33-20)14-5-4-6-15(11-14)24(25,26)27/h2-11H,13H2,1H3. The molecule has 2 heterocycles. The Bertz CT molecular complexity index is 1350. The van der Waals surface area contributed by atoms with Crippen molar-refractivity contribution in [2.45, 2.75) is 11.1 Å². The summed E-state index contributed by atoms with van der Waals surface area (Å²) in [5.74, 6) is -1.93. The number of fused-ring (bicyclic) bond motifs is 1. The fourth-order valence-electron chi connectivity index (χ4n) is 3.28. The highest BCUT2D eigenvalue weighted by Gasteiger charge is 2.31. The predicted molar refractivity (Wildman–Crippen MR) is 118 cm³/mol. The summed E-state index contributed by atoms with van der Waals surface area (Å²) in [5.41, 5.74) is -0.0363. The molecule has 0 saturated heterocycles. The van der Waals surface area contributed by atoms with Crippen LogP contribution in [0.4, 0.5) is 18.9 Å². The summed E-state index contributed by atoms with van der Waals surface area (Å²) in [7, 11) is 1.73. The van der Waals surface area contributed by atoms with Crippen LogP contribution in [0.15, 0.2) is 80.6 Å². The van der Waals surface area contributed by atoms with E-state index in [1.807, 2.05) is 30.3 Å². The van der Waals surface area contributed by atoms with Crippen LogP contribution in [0.5, 0.6) is 0 Å². The molecule has 0 spiro atoms. The number of carbonyl (C=O) groups is 2. The number of hydrogen-bond acceptors (Lipinski definition) is 7. The molecule has 0 bridgehead atoms. The first-order valence-electron chi connectivity index (χ1n) is 9.82. The number of alkyl halides is 3. The topological polar surface area (TPSA) is 83.5 Å². The summed E-state index contributed by atoms with van der Waals surface area (Å²) in [6.07, 6.45) is -4.52. The van der Waals surface area contributed by atoms with E-state index >= 15 is 0 Å². The summed E-state index contributed by atoms with van der Waals surface area (Å²) in [5, 5.41) is 9.96. The number of rotatable bonds is 5. The average Bonchev–Trinajstić information content (AvgIpc) is 3.44. The number of benzene rings is 2. The minimum atomic E-state index is -4.52. The summed E-state index contributed by atoms with van der Waals surface area (Å²) >= 11 is 1.26. The SMILES string of the molecule is CN1C(=C(C#N)C(=O)COC(=O)c2ccc(-c3cccc(C(F)(F)F)c3)o2)Sc2ccccc21. The number of ether oxygens (including phenoxy) is 1. The van der Waals surface area contributed by atoms with Crippen molar-refractivity contribution in [3.63, 3.8) is 0 Å². The van der Waals surface area contributed by atoms with Gasteiger partial charge in [0.25, 0.3) is 0 Å². The summed E-state index contributed by atoms with van der Waals surface area (Å²) in [6, 6.07) is 16.3. The number of nitrogens with zero attached hydrogens (tertiary/aromatic N) is 2. The first-order valence-corrected chi connectivity index (χ1v) is 10.6. The molecule has 10 heteroatoms. The predicted octanol–water partition coefficient (Wildman–Crippen LogP) is 5.67. The van der Waals surface area contributed by atoms with Crippen LogP contribution < -0.4 is 4.90 Å². The van der Waals surface area contributed by atoms with Gasteiger partial charge in [0.05, 0.1) is 11.3 Å². The van der Waals surface area contributed by atoms with Gasteiger partial charge in [0.15, 0.2) is 6.61 Å². The first-order chi connectivity index (χ1) is 16.2. The number of carbonyl (C=O) groups excluding carboxylic acids is 2. The van der Waals surface area contributed by atoms with Crippen molar-refractivity contribution < 1.29 is 31.9 Å². The summed E-state index contributed by atoms with van der Waals surface area (Å²) in [4.78, 5) is 27.5. The van der Waals surface area contributed by atoms with Gasteiger partial charge in [-0.1, -0.05) is 36.0 Å². The number of para-hydroxylation sites is 1. The van der Waals surface area contributed by atoms with Crippen molar-refractivity contribution in [3.8, 4) is 17.4 Å². The minimum absolute atomic E-state index is 0.0333. The van der Waals surface area contributed by atoms with E-state index in [4.69, 9.17) is 9.15 Å². The van der Waals surface area contributed by atoms with Gasteiger partial charge in [0.1, 0.15) is 22.4 Å². The van der Waals surface area contributed by atoms with Gasteiger partial charge in [-0.15, -0.1) is 0 Å². The van der Waals surface area contributed by atoms with Crippen LogP contribution in [0.25, 0.3) is 11.3 Å². The Labute approximate surface area is 196 Å². The van der Waals surface area contributed by atoms with Crippen LogP contribution in [-0.4, -0.2) is 25.4 Å². The molecule has 34 heavy (non-hydrogen) atoms. The lowest BCUT2D eigenvalue weighted by Gasteiger charge is -2.14. The molecule has 0 aliphatic carbocycles. The number of furan rings is 1. The maximum Gasteiger partial charge on any atom is 0.416 e. The molecule has 0 unspecified atom stereocenters. The number of hydrogen-bond donors (Lipinski definition) is 0. The maximum atomic E-state index is 12.9. The van der Waals surface area contributed by atoms with Gasteiger partial charge in [0.2, 0.25) is 11.5 Å². The molecular weight excluding hydrogens is 469 g/mol. The van der Waals surface area contributed by atoms with E-state index in [2.05, 4.69) is 0 Å². The lowest BCUT2D eigenvalue weighted by atomic mass is 10.1. The molecule has 1 aromatic heterocycles. The third kappa shape index (κ3) is 4.56. The summed E-state index contributed by atoms with van der Waals surface area (Å²) < 4.78 is 49.1. The normalized spacial score (nSPS) is 14.4. The van der Waals surface area contributed by atoms with E-state index in [9.17, 15) is 28.0 Å². The van der Waals surface area contributed by atoms with Crippen LogP contribution in [0.1, 0.15) is 16.1 Å². The number of halogens is 3. The monoisotopic (exact) mass is 484 g/mol. The molecule has 0 saturated carbocycles. The van der Waals surface area contributed by atoms with Crippen LogP contribution in [-0.2, 0) is 15.7 Å². The Kier molecular flexibility index (Phi) is 6.22. The zero-order valence-corrected chi connectivity index (χ0v) is 18.4. The van der Waals surface area contributed by atoms with Crippen molar-refractivity contribution in [1.82, 2.24) is 0 Å². The number of anilines is 1.